The van der Waals surface area contributed by atoms with Crippen LogP contribution in [0.5, 0.6) is 0 Å². The zero-order chi connectivity index (χ0) is 14.5. The molecule has 0 atom stereocenters. The molecule has 0 saturated carbocycles. The minimum atomic E-state index is -0.383. The van der Waals surface area contributed by atoms with Crippen LogP contribution in [-0.4, -0.2) is 31.3 Å². The molecular formula is C14H20ClNO3. The van der Waals surface area contributed by atoms with Crippen LogP contribution < -0.4 is 0 Å². The van der Waals surface area contributed by atoms with Gasteiger partial charge in [0.2, 0.25) is 0 Å². The quantitative estimate of drug-likeness (QED) is 0.473. The van der Waals surface area contributed by atoms with Crippen molar-refractivity contribution in [2.45, 2.75) is 32.6 Å². The zero-order valence-electron chi connectivity index (χ0n) is 11.8. The van der Waals surface area contributed by atoms with Gasteiger partial charge in [0.05, 0.1) is 12.2 Å². The Hall–Kier alpha value is -1.13. The summed E-state index contributed by atoms with van der Waals surface area (Å²) in [6.45, 7) is 6.94. The lowest BCUT2D eigenvalue weighted by molar-refractivity contribution is 0.0468. The molecule has 0 fully saturated rings. The third-order valence-electron chi connectivity index (χ3n) is 2.52. The summed E-state index contributed by atoms with van der Waals surface area (Å²) in [6.07, 6.45) is 0.674. The van der Waals surface area contributed by atoms with Gasteiger partial charge in [-0.05, 0) is 12.1 Å². The van der Waals surface area contributed by atoms with Crippen LogP contribution >= 0.6 is 11.6 Å². The van der Waals surface area contributed by atoms with E-state index >= 15 is 0 Å². The summed E-state index contributed by atoms with van der Waals surface area (Å²) >= 11 is 5.95. The van der Waals surface area contributed by atoms with E-state index in [4.69, 9.17) is 21.1 Å². The van der Waals surface area contributed by atoms with Crippen molar-refractivity contribution in [3.8, 4) is 0 Å². The molecule has 0 N–H and O–H groups in total. The van der Waals surface area contributed by atoms with E-state index in [0.717, 1.165) is 5.69 Å². The number of ether oxygens (including phenoxy) is 2. The van der Waals surface area contributed by atoms with E-state index < -0.39 is 0 Å². The highest BCUT2D eigenvalue weighted by Gasteiger charge is 2.19. The number of methoxy groups -OCH3 is 1. The first kappa shape index (κ1) is 15.9. The van der Waals surface area contributed by atoms with E-state index in [1.807, 2.05) is 20.8 Å². The van der Waals surface area contributed by atoms with Crippen LogP contribution in [0.25, 0.3) is 0 Å². The number of hydrogen-bond donors (Lipinski definition) is 0. The second kappa shape index (κ2) is 6.87. The lowest BCUT2D eigenvalue weighted by Gasteiger charge is -2.18. The fourth-order valence-electron chi connectivity index (χ4n) is 1.45. The van der Waals surface area contributed by atoms with Gasteiger partial charge in [0.25, 0.3) is 0 Å². The molecular weight excluding hydrogens is 266 g/mol. The summed E-state index contributed by atoms with van der Waals surface area (Å²) in [4.78, 5) is 16.1. The molecule has 4 nitrogen and oxygen atoms in total. The van der Waals surface area contributed by atoms with E-state index in [2.05, 4.69) is 4.98 Å². The van der Waals surface area contributed by atoms with Crippen LogP contribution in [0.1, 0.15) is 43.2 Å². The smallest absolute Gasteiger partial charge is 0.338 e. The lowest BCUT2D eigenvalue weighted by Crippen LogP contribution is -2.16. The number of carbonyl (C=O) groups is 1. The third kappa shape index (κ3) is 5.17. The van der Waals surface area contributed by atoms with Gasteiger partial charge in [-0.25, -0.2) is 9.78 Å². The lowest BCUT2D eigenvalue weighted by atomic mass is 9.91. The van der Waals surface area contributed by atoms with E-state index in [1.165, 1.54) is 6.07 Å². The Kier molecular flexibility index (Phi) is 5.76. The summed E-state index contributed by atoms with van der Waals surface area (Å²) in [6, 6.07) is 3.25. The minimum Gasteiger partial charge on any atom is -0.462 e. The van der Waals surface area contributed by atoms with E-state index in [-0.39, 0.29) is 11.4 Å². The maximum Gasteiger partial charge on any atom is 0.338 e. The van der Waals surface area contributed by atoms with Gasteiger partial charge in [0.1, 0.15) is 5.15 Å². The number of rotatable bonds is 5. The Morgan fingerprint density at radius 3 is 2.58 bits per heavy atom. The molecule has 1 rings (SSSR count). The Morgan fingerprint density at radius 1 is 1.32 bits per heavy atom. The SMILES string of the molecule is COCCCOC(=O)c1cc(Cl)nc(C(C)(C)C)c1. The van der Waals surface area contributed by atoms with E-state index in [0.29, 0.717) is 30.4 Å². The first-order valence-corrected chi connectivity index (χ1v) is 6.56. The molecule has 0 aliphatic heterocycles. The minimum absolute atomic E-state index is 0.171. The Bertz CT molecular complexity index is 441. The highest BCUT2D eigenvalue weighted by molar-refractivity contribution is 6.29. The fourth-order valence-corrected chi connectivity index (χ4v) is 1.66. The number of nitrogens with zero attached hydrogens (tertiary/aromatic N) is 1. The second-order valence-corrected chi connectivity index (χ2v) is 5.68. The van der Waals surface area contributed by atoms with Crippen LogP contribution in [0.4, 0.5) is 0 Å². The predicted octanol–water partition coefficient (Wildman–Crippen LogP) is 3.23. The number of halogens is 1. The van der Waals surface area contributed by atoms with Crippen LogP contribution in [0.15, 0.2) is 12.1 Å². The largest absolute Gasteiger partial charge is 0.462 e. The highest BCUT2D eigenvalue weighted by Crippen LogP contribution is 2.23. The molecule has 0 spiro atoms. The molecule has 0 aliphatic rings. The zero-order valence-corrected chi connectivity index (χ0v) is 12.6. The Balaban J connectivity index is 2.77. The van der Waals surface area contributed by atoms with Gasteiger partial charge in [0, 0.05) is 31.2 Å². The molecule has 0 amide bonds. The van der Waals surface area contributed by atoms with Gasteiger partial charge in [-0.1, -0.05) is 32.4 Å². The number of carbonyl (C=O) groups excluding carboxylic acids is 1. The van der Waals surface area contributed by atoms with Crippen molar-refractivity contribution < 1.29 is 14.3 Å². The van der Waals surface area contributed by atoms with Crippen molar-refractivity contribution in [1.29, 1.82) is 0 Å². The monoisotopic (exact) mass is 285 g/mol. The first-order chi connectivity index (χ1) is 8.84. The summed E-state index contributed by atoms with van der Waals surface area (Å²) in [5.74, 6) is -0.383. The molecule has 1 aromatic heterocycles. The molecule has 1 aromatic rings. The van der Waals surface area contributed by atoms with Crippen molar-refractivity contribution in [3.05, 3.63) is 28.5 Å². The van der Waals surface area contributed by atoms with Crippen molar-refractivity contribution >= 4 is 17.6 Å². The Labute approximate surface area is 119 Å². The van der Waals surface area contributed by atoms with Crippen LogP contribution in [-0.2, 0) is 14.9 Å². The third-order valence-corrected chi connectivity index (χ3v) is 2.72. The first-order valence-electron chi connectivity index (χ1n) is 6.18. The summed E-state index contributed by atoms with van der Waals surface area (Å²) < 4.78 is 10.0. The summed E-state index contributed by atoms with van der Waals surface area (Å²) in [7, 11) is 1.61. The molecule has 106 valence electrons. The second-order valence-electron chi connectivity index (χ2n) is 5.30. The molecule has 1 heterocycles. The normalized spacial score (nSPS) is 11.4. The summed E-state index contributed by atoms with van der Waals surface area (Å²) in [5.41, 5.74) is 1.03. The standard InChI is InChI=1S/C14H20ClNO3/c1-14(2,3)11-8-10(9-12(15)16-11)13(17)19-7-5-6-18-4/h8-9H,5-7H2,1-4H3. The van der Waals surface area contributed by atoms with Gasteiger partial charge < -0.3 is 9.47 Å². The van der Waals surface area contributed by atoms with Crippen molar-refractivity contribution in [1.82, 2.24) is 4.98 Å². The molecule has 0 radical (unpaired) electrons. The Morgan fingerprint density at radius 2 is 2.00 bits per heavy atom. The predicted molar refractivity (Wildman–Crippen MR) is 74.7 cm³/mol. The van der Waals surface area contributed by atoms with Gasteiger partial charge in [-0.3, -0.25) is 0 Å². The maximum atomic E-state index is 11.9. The maximum absolute atomic E-state index is 11.9. The average Bonchev–Trinajstić information content (AvgIpc) is 2.32. The fraction of sp³-hybridized carbons (Fsp3) is 0.571. The number of hydrogen-bond acceptors (Lipinski definition) is 4. The van der Waals surface area contributed by atoms with E-state index in [9.17, 15) is 4.79 Å². The van der Waals surface area contributed by atoms with Crippen molar-refractivity contribution in [2.75, 3.05) is 20.3 Å². The summed E-state index contributed by atoms with van der Waals surface area (Å²) in [5, 5.41) is 0.302. The number of aromatic nitrogens is 1. The highest BCUT2D eigenvalue weighted by atomic mass is 35.5. The van der Waals surface area contributed by atoms with Crippen LogP contribution in [0, 0.1) is 0 Å². The van der Waals surface area contributed by atoms with Crippen LogP contribution in [0.2, 0.25) is 5.15 Å². The van der Waals surface area contributed by atoms with Gasteiger partial charge >= 0.3 is 5.97 Å². The molecule has 19 heavy (non-hydrogen) atoms. The van der Waals surface area contributed by atoms with E-state index in [1.54, 1.807) is 13.2 Å². The number of esters is 1. The van der Waals surface area contributed by atoms with Gasteiger partial charge in [-0.2, -0.15) is 0 Å². The number of pyridine rings is 1. The molecule has 0 unspecified atom stereocenters. The molecule has 0 saturated heterocycles. The van der Waals surface area contributed by atoms with Crippen molar-refractivity contribution in [3.63, 3.8) is 0 Å². The van der Waals surface area contributed by atoms with Gasteiger partial charge in [-0.15, -0.1) is 0 Å². The topological polar surface area (TPSA) is 48.4 Å². The molecule has 0 aromatic carbocycles. The van der Waals surface area contributed by atoms with Crippen LogP contribution in [0.3, 0.4) is 0 Å². The average molecular weight is 286 g/mol. The van der Waals surface area contributed by atoms with Gasteiger partial charge in [0.15, 0.2) is 0 Å². The van der Waals surface area contributed by atoms with Crippen molar-refractivity contribution in [2.24, 2.45) is 0 Å². The molecule has 0 bridgehead atoms. The molecule has 0 aliphatic carbocycles. The molecule has 5 heteroatoms.